The lowest BCUT2D eigenvalue weighted by molar-refractivity contribution is 0.174. The lowest BCUT2D eigenvalue weighted by atomic mass is 9.99. The molecule has 112 valence electrons. The van der Waals surface area contributed by atoms with Crippen molar-refractivity contribution in [3.05, 3.63) is 17.7 Å². The zero-order valence-electron chi connectivity index (χ0n) is 12.4. The molecule has 1 aromatic rings. The van der Waals surface area contributed by atoms with Crippen molar-refractivity contribution in [2.24, 2.45) is 5.92 Å². The van der Waals surface area contributed by atoms with Crippen molar-refractivity contribution >= 4 is 0 Å². The summed E-state index contributed by atoms with van der Waals surface area (Å²) in [5, 5.41) is 13.4. The van der Waals surface area contributed by atoms with Gasteiger partial charge in [-0.05, 0) is 24.9 Å². The minimum absolute atomic E-state index is 0.237. The molecule has 1 heterocycles. The van der Waals surface area contributed by atoms with Crippen LogP contribution in [-0.2, 0) is 6.54 Å². The number of aromatic hydroxyl groups is 1. The van der Waals surface area contributed by atoms with E-state index in [1.807, 2.05) is 6.07 Å². The summed E-state index contributed by atoms with van der Waals surface area (Å²) in [5.41, 5.74) is 0.861. The molecular weight excluding hydrogens is 254 g/mol. The van der Waals surface area contributed by atoms with Gasteiger partial charge in [-0.15, -0.1) is 0 Å². The molecule has 0 aliphatic carbocycles. The fourth-order valence-corrected chi connectivity index (χ4v) is 2.47. The van der Waals surface area contributed by atoms with Crippen LogP contribution in [-0.4, -0.2) is 18.4 Å². The SMILES string of the molecule is CCCCC(CC)CNCc1cc2c(cc1O)OCO2. The van der Waals surface area contributed by atoms with Crippen molar-refractivity contribution in [3.8, 4) is 17.2 Å². The number of benzene rings is 1. The molecule has 0 bridgehead atoms. The van der Waals surface area contributed by atoms with Crippen LogP contribution in [0.5, 0.6) is 17.2 Å². The fourth-order valence-electron chi connectivity index (χ4n) is 2.47. The first kappa shape index (κ1) is 15.0. The maximum atomic E-state index is 9.96. The number of rotatable bonds is 8. The summed E-state index contributed by atoms with van der Waals surface area (Å²) in [5.74, 6) is 2.33. The number of phenols is 1. The Morgan fingerprint density at radius 3 is 2.70 bits per heavy atom. The third-order valence-corrected chi connectivity index (χ3v) is 3.87. The average molecular weight is 279 g/mol. The third kappa shape index (κ3) is 3.79. The van der Waals surface area contributed by atoms with Gasteiger partial charge < -0.3 is 19.9 Å². The molecule has 4 nitrogen and oxygen atoms in total. The molecule has 1 aliphatic heterocycles. The minimum atomic E-state index is 0.237. The zero-order chi connectivity index (χ0) is 14.4. The number of hydrogen-bond donors (Lipinski definition) is 2. The Bertz CT molecular complexity index is 434. The van der Waals surface area contributed by atoms with Crippen LogP contribution in [0.3, 0.4) is 0 Å². The highest BCUT2D eigenvalue weighted by atomic mass is 16.7. The van der Waals surface area contributed by atoms with Gasteiger partial charge in [0.25, 0.3) is 0 Å². The lowest BCUT2D eigenvalue weighted by Crippen LogP contribution is -2.22. The molecule has 0 saturated heterocycles. The second-order valence-corrected chi connectivity index (χ2v) is 5.38. The van der Waals surface area contributed by atoms with Gasteiger partial charge in [-0.25, -0.2) is 0 Å². The second kappa shape index (κ2) is 7.39. The Kier molecular flexibility index (Phi) is 5.53. The standard InChI is InChI=1S/C16H25NO3/c1-3-5-6-12(4-2)9-17-10-13-7-15-16(8-14(13)18)20-11-19-15/h7-8,12,17-18H,3-6,9-11H2,1-2H3. The van der Waals surface area contributed by atoms with Crippen LogP contribution < -0.4 is 14.8 Å². The van der Waals surface area contributed by atoms with Gasteiger partial charge in [0.2, 0.25) is 6.79 Å². The number of unbranched alkanes of at least 4 members (excludes halogenated alkanes) is 1. The van der Waals surface area contributed by atoms with E-state index >= 15 is 0 Å². The van der Waals surface area contributed by atoms with Crippen molar-refractivity contribution in [2.75, 3.05) is 13.3 Å². The molecule has 1 aromatic carbocycles. The Balaban J connectivity index is 1.84. The Labute approximate surface area is 121 Å². The van der Waals surface area contributed by atoms with Crippen molar-refractivity contribution in [3.63, 3.8) is 0 Å². The molecular formula is C16H25NO3. The van der Waals surface area contributed by atoms with E-state index in [9.17, 15) is 5.11 Å². The Morgan fingerprint density at radius 2 is 2.00 bits per heavy atom. The van der Waals surface area contributed by atoms with Gasteiger partial charge in [-0.2, -0.15) is 0 Å². The summed E-state index contributed by atoms with van der Waals surface area (Å²) in [6.45, 7) is 6.35. The number of hydrogen-bond acceptors (Lipinski definition) is 4. The van der Waals surface area contributed by atoms with Crippen LogP contribution in [0.25, 0.3) is 0 Å². The normalized spacial score (nSPS) is 14.5. The molecule has 1 unspecified atom stereocenters. The summed E-state index contributed by atoms with van der Waals surface area (Å²) in [6.07, 6.45) is 5.00. The smallest absolute Gasteiger partial charge is 0.231 e. The van der Waals surface area contributed by atoms with E-state index in [4.69, 9.17) is 9.47 Å². The van der Waals surface area contributed by atoms with E-state index < -0.39 is 0 Å². The van der Waals surface area contributed by atoms with Gasteiger partial charge in [0.15, 0.2) is 11.5 Å². The first-order chi connectivity index (χ1) is 9.74. The summed E-state index contributed by atoms with van der Waals surface area (Å²) in [4.78, 5) is 0. The molecule has 0 saturated carbocycles. The van der Waals surface area contributed by atoms with Crippen LogP contribution in [0, 0.1) is 5.92 Å². The lowest BCUT2D eigenvalue weighted by Gasteiger charge is -2.15. The van der Waals surface area contributed by atoms with E-state index in [2.05, 4.69) is 19.2 Å². The number of nitrogens with one attached hydrogen (secondary N) is 1. The van der Waals surface area contributed by atoms with E-state index in [1.165, 1.54) is 25.7 Å². The number of fused-ring (bicyclic) bond motifs is 1. The van der Waals surface area contributed by atoms with Crippen molar-refractivity contribution < 1.29 is 14.6 Å². The molecule has 0 aromatic heterocycles. The molecule has 0 amide bonds. The first-order valence-electron chi connectivity index (χ1n) is 7.56. The fraction of sp³-hybridized carbons (Fsp3) is 0.625. The summed E-state index contributed by atoms with van der Waals surface area (Å²) in [6, 6.07) is 3.49. The third-order valence-electron chi connectivity index (χ3n) is 3.87. The van der Waals surface area contributed by atoms with Crippen LogP contribution in [0.2, 0.25) is 0 Å². The molecule has 4 heteroatoms. The molecule has 0 radical (unpaired) electrons. The number of ether oxygens (including phenoxy) is 2. The Hall–Kier alpha value is -1.42. The van der Waals surface area contributed by atoms with Gasteiger partial charge in [0, 0.05) is 18.2 Å². The molecule has 2 N–H and O–H groups in total. The summed E-state index contributed by atoms with van der Waals surface area (Å²) < 4.78 is 10.6. The predicted molar refractivity (Wildman–Crippen MR) is 79.2 cm³/mol. The molecule has 0 spiro atoms. The quantitative estimate of drug-likeness (QED) is 0.765. The topological polar surface area (TPSA) is 50.7 Å². The van der Waals surface area contributed by atoms with Crippen LogP contribution >= 0.6 is 0 Å². The summed E-state index contributed by atoms with van der Waals surface area (Å²) in [7, 11) is 0. The van der Waals surface area contributed by atoms with E-state index in [0.717, 1.165) is 17.9 Å². The molecule has 0 fully saturated rings. The maximum Gasteiger partial charge on any atom is 0.231 e. The second-order valence-electron chi connectivity index (χ2n) is 5.38. The molecule has 1 aliphatic rings. The first-order valence-corrected chi connectivity index (χ1v) is 7.56. The van der Waals surface area contributed by atoms with Crippen molar-refractivity contribution in [1.29, 1.82) is 0 Å². The monoisotopic (exact) mass is 279 g/mol. The van der Waals surface area contributed by atoms with Crippen LogP contribution in [0.15, 0.2) is 12.1 Å². The predicted octanol–water partition coefficient (Wildman–Crippen LogP) is 3.43. The van der Waals surface area contributed by atoms with Gasteiger partial charge >= 0.3 is 0 Å². The molecule has 20 heavy (non-hydrogen) atoms. The number of phenolic OH excluding ortho intramolecular Hbond substituents is 1. The highest BCUT2D eigenvalue weighted by Gasteiger charge is 2.17. The highest BCUT2D eigenvalue weighted by Crippen LogP contribution is 2.37. The van der Waals surface area contributed by atoms with E-state index in [-0.39, 0.29) is 12.5 Å². The van der Waals surface area contributed by atoms with Gasteiger partial charge in [0.05, 0.1) is 0 Å². The van der Waals surface area contributed by atoms with Gasteiger partial charge in [0.1, 0.15) is 5.75 Å². The highest BCUT2D eigenvalue weighted by molar-refractivity contribution is 5.51. The van der Waals surface area contributed by atoms with Gasteiger partial charge in [-0.1, -0.05) is 33.1 Å². The van der Waals surface area contributed by atoms with Crippen molar-refractivity contribution in [1.82, 2.24) is 5.32 Å². The maximum absolute atomic E-state index is 9.96. The van der Waals surface area contributed by atoms with E-state index in [1.54, 1.807) is 6.07 Å². The zero-order valence-corrected chi connectivity index (χ0v) is 12.4. The molecule has 1 atom stereocenters. The van der Waals surface area contributed by atoms with Gasteiger partial charge in [-0.3, -0.25) is 0 Å². The summed E-state index contributed by atoms with van der Waals surface area (Å²) >= 11 is 0. The molecule has 2 rings (SSSR count). The van der Waals surface area contributed by atoms with E-state index in [0.29, 0.717) is 18.2 Å². The van der Waals surface area contributed by atoms with Crippen LogP contribution in [0.4, 0.5) is 0 Å². The van der Waals surface area contributed by atoms with Crippen molar-refractivity contribution in [2.45, 2.75) is 46.1 Å². The Morgan fingerprint density at radius 1 is 1.25 bits per heavy atom. The minimum Gasteiger partial charge on any atom is -0.507 e. The average Bonchev–Trinajstić information content (AvgIpc) is 2.89. The largest absolute Gasteiger partial charge is 0.507 e. The van der Waals surface area contributed by atoms with Crippen LogP contribution in [0.1, 0.15) is 45.1 Å².